The molecule has 6 heteroatoms. The summed E-state index contributed by atoms with van der Waals surface area (Å²) in [4.78, 5) is 0. The fourth-order valence-electron chi connectivity index (χ4n) is 3.40. The van der Waals surface area contributed by atoms with Crippen molar-refractivity contribution in [1.82, 2.24) is 5.32 Å². The van der Waals surface area contributed by atoms with E-state index in [1.807, 2.05) is 19.9 Å². The Kier molecular flexibility index (Phi) is 5.52. The quantitative estimate of drug-likeness (QED) is 0.771. The van der Waals surface area contributed by atoms with Crippen molar-refractivity contribution in [3.63, 3.8) is 0 Å². The molecule has 2 rings (SSSR count). The molecule has 0 aliphatic heterocycles. The second-order valence-corrected chi connectivity index (χ2v) is 5.98. The average molecular weight is 325 g/mol. The molecule has 0 radical (unpaired) electrons. The molecule has 23 heavy (non-hydrogen) atoms. The first-order chi connectivity index (χ1) is 10.9. The molecule has 0 bridgehead atoms. The van der Waals surface area contributed by atoms with Crippen LogP contribution in [0, 0.1) is 0 Å². The molecule has 0 fully saturated rings. The van der Waals surface area contributed by atoms with Crippen molar-refractivity contribution in [2.24, 2.45) is 0 Å². The SMILES string of the molecule is COc1ccc(OC)c2c1CC(NC(C)C)C(O)C2(OC)OC. The van der Waals surface area contributed by atoms with Crippen LogP contribution in [0.1, 0.15) is 25.0 Å². The number of rotatable bonds is 6. The Labute approximate surface area is 137 Å². The molecular weight excluding hydrogens is 298 g/mol. The first-order valence-corrected chi connectivity index (χ1v) is 7.73. The van der Waals surface area contributed by atoms with Crippen LogP contribution in [0.2, 0.25) is 0 Å². The van der Waals surface area contributed by atoms with Gasteiger partial charge in [0.05, 0.1) is 19.8 Å². The van der Waals surface area contributed by atoms with Gasteiger partial charge < -0.3 is 29.4 Å². The number of hydrogen-bond donors (Lipinski definition) is 2. The third-order valence-electron chi connectivity index (χ3n) is 4.37. The second kappa shape index (κ2) is 7.05. The Balaban J connectivity index is 2.68. The highest BCUT2D eigenvalue weighted by atomic mass is 16.7. The molecule has 1 aliphatic carbocycles. The van der Waals surface area contributed by atoms with Gasteiger partial charge in [-0.15, -0.1) is 0 Å². The summed E-state index contributed by atoms with van der Waals surface area (Å²) < 4.78 is 22.3. The minimum atomic E-state index is -1.32. The van der Waals surface area contributed by atoms with E-state index in [1.54, 1.807) is 20.3 Å². The lowest BCUT2D eigenvalue weighted by atomic mass is 9.79. The lowest BCUT2D eigenvalue weighted by molar-refractivity contribution is -0.280. The molecule has 1 aliphatic rings. The topological polar surface area (TPSA) is 69.2 Å². The Bertz CT molecular complexity index is 542. The Hall–Kier alpha value is -1.34. The maximum absolute atomic E-state index is 10.9. The lowest BCUT2D eigenvalue weighted by Crippen LogP contribution is -2.59. The molecule has 1 aromatic carbocycles. The zero-order chi connectivity index (χ0) is 17.2. The van der Waals surface area contributed by atoms with Crippen molar-refractivity contribution in [3.8, 4) is 11.5 Å². The number of fused-ring (bicyclic) bond motifs is 1. The van der Waals surface area contributed by atoms with Crippen molar-refractivity contribution >= 4 is 0 Å². The molecule has 2 N–H and O–H groups in total. The van der Waals surface area contributed by atoms with Crippen molar-refractivity contribution < 1.29 is 24.1 Å². The first kappa shape index (κ1) is 18.0. The molecule has 2 atom stereocenters. The lowest BCUT2D eigenvalue weighted by Gasteiger charge is -2.45. The highest BCUT2D eigenvalue weighted by Gasteiger charge is 2.52. The van der Waals surface area contributed by atoms with Crippen LogP contribution in [-0.4, -0.2) is 51.7 Å². The van der Waals surface area contributed by atoms with Gasteiger partial charge in [-0.05, 0) is 18.6 Å². The number of benzene rings is 1. The van der Waals surface area contributed by atoms with Crippen molar-refractivity contribution in [3.05, 3.63) is 23.3 Å². The summed E-state index contributed by atoms with van der Waals surface area (Å²) in [5.74, 6) is 0.00769. The molecule has 0 heterocycles. The first-order valence-electron chi connectivity index (χ1n) is 7.73. The molecule has 0 amide bonds. The molecule has 0 spiro atoms. The largest absolute Gasteiger partial charge is 0.496 e. The third-order valence-corrected chi connectivity index (χ3v) is 4.37. The molecule has 6 nitrogen and oxygen atoms in total. The van der Waals surface area contributed by atoms with Gasteiger partial charge in [-0.25, -0.2) is 0 Å². The summed E-state index contributed by atoms with van der Waals surface area (Å²) in [6, 6.07) is 3.63. The monoisotopic (exact) mass is 325 g/mol. The van der Waals surface area contributed by atoms with E-state index in [4.69, 9.17) is 18.9 Å². The molecule has 0 saturated carbocycles. The summed E-state index contributed by atoms with van der Waals surface area (Å²) in [6.07, 6.45) is -0.308. The Morgan fingerprint density at radius 2 is 1.65 bits per heavy atom. The number of aliphatic hydroxyl groups excluding tert-OH is 1. The predicted octanol–water partition coefficient (Wildman–Crippen LogP) is 1.43. The van der Waals surface area contributed by atoms with E-state index < -0.39 is 11.9 Å². The standard InChI is InChI=1S/C17H27NO5/c1-10(2)18-12-9-11-13(20-3)7-8-14(21-4)15(11)17(22-5,23-6)16(12)19/h7-8,10,12,16,18-19H,9H2,1-6H3. The van der Waals surface area contributed by atoms with E-state index in [-0.39, 0.29) is 12.1 Å². The van der Waals surface area contributed by atoms with Crippen LogP contribution >= 0.6 is 0 Å². The Morgan fingerprint density at radius 1 is 1.09 bits per heavy atom. The minimum absolute atomic E-state index is 0.208. The molecular formula is C17H27NO5. The van der Waals surface area contributed by atoms with Crippen LogP contribution in [0.3, 0.4) is 0 Å². The third kappa shape index (κ3) is 2.92. The number of nitrogens with one attached hydrogen (secondary N) is 1. The zero-order valence-electron chi connectivity index (χ0n) is 14.7. The number of methoxy groups -OCH3 is 4. The van der Waals surface area contributed by atoms with Crippen LogP contribution in [-0.2, 0) is 21.7 Å². The highest BCUT2D eigenvalue weighted by Crippen LogP contribution is 2.47. The maximum Gasteiger partial charge on any atom is 0.226 e. The van der Waals surface area contributed by atoms with Crippen LogP contribution < -0.4 is 14.8 Å². The predicted molar refractivity (Wildman–Crippen MR) is 87.0 cm³/mol. The summed E-state index contributed by atoms with van der Waals surface area (Å²) >= 11 is 0. The van der Waals surface area contributed by atoms with Gasteiger partial charge in [-0.2, -0.15) is 0 Å². The highest BCUT2D eigenvalue weighted by molar-refractivity contribution is 5.54. The van der Waals surface area contributed by atoms with E-state index in [0.29, 0.717) is 17.7 Å². The van der Waals surface area contributed by atoms with Gasteiger partial charge >= 0.3 is 0 Å². The van der Waals surface area contributed by atoms with Crippen molar-refractivity contribution in [2.75, 3.05) is 28.4 Å². The summed E-state index contributed by atoms with van der Waals surface area (Å²) in [5.41, 5.74) is 1.60. The molecule has 1 aromatic rings. The van der Waals surface area contributed by atoms with Gasteiger partial charge in [0, 0.05) is 31.9 Å². The number of ether oxygens (including phenoxy) is 4. The van der Waals surface area contributed by atoms with Gasteiger partial charge in [-0.3, -0.25) is 0 Å². The smallest absolute Gasteiger partial charge is 0.226 e. The van der Waals surface area contributed by atoms with Crippen LogP contribution in [0.4, 0.5) is 0 Å². The fourth-order valence-corrected chi connectivity index (χ4v) is 3.40. The maximum atomic E-state index is 10.9. The van der Waals surface area contributed by atoms with Gasteiger partial charge in [0.1, 0.15) is 17.6 Å². The van der Waals surface area contributed by atoms with E-state index in [1.165, 1.54) is 14.2 Å². The van der Waals surface area contributed by atoms with Crippen molar-refractivity contribution in [1.29, 1.82) is 0 Å². The summed E-state index contributed by atoms with van der Waals surface area (Å²) in [6.45, 7) is 4.07. The zero-order valence-corrected chi connectivity index (χ0v) is 14.7. The molecule has 130 valence electrons. The van der Waals surface area contributed by atoms with Gasteiger partial charge in [-0.1, -0.05) is 13.8 Å². The van der Waals surface area contributed by atoms with Crippen LogP contribution in [0.15, 0.2) is 12.1 Å². The number of hydrogen-bond acceptors (Lipinski definition) is 6. The molecule has 0 aromatic heterocycles. The van der Waals surface area contributed by atoms with Crippen LogP contribution in [0.25, 0.3) is 0 Å². The second-order valence-electron chi connectivity index (χ2n) is 5.98. The van der Waals surface area contributed by atoms with E-state index in [9.17, 15) is 5.11 Å². The minimum Gasteiger partial charge on any atom is -0.496 e. The average Bonchev–Trinajstić information content (AvgIpc) is 2.55. The van der Waals surface area contributed by atoms with Crippen molar-refractivity contribution in [2.45, 2.75) is 44.2 Å². The molecule has 2 unspecified atom stereocenters. The van der Waals surface area contributed by atoms with E-state index >= 15 is 0 Å². The van der Waals surface area contributed by atoms with Crippen LogP contribution in [0.5, 0.6) is 11.5 Å². The van der Waals surface area contributed by atoms with Gasteiger partial charge in [0.15, 0.2) is 0 Å². The Morgan fingerprint density at radius 3 is 2.13 bits per heavy atom. The normalized spacial score (nSPS) is 22.8. The van der Waals surface area contributed by atoms with Gasteiger partial charge in [0.2, 0.25) is 5.79 Å². The van der Waals surface area contributed by atoms with E-state index in [0.717, 1.165) is 11.3 Å². The summed E-state index contributed by atoms with van der Waals surface area (Å²) in [5, 5.41) is 14.3. The number of aliphatic hydroxyl groups is 1. The van der Waals surface area contributed by atoms with Gasteiger partial charge in [0.25, 0.3) is 0 Å². The molecule has 0 saturated heterocycles. The summed E-state index contributed by atoms with van der Waals surface area (Å²) in [7, 11) is 6.25. The fraction of sp³-hybridized carbons (Fsp3) is 0.647. The van der Waals surface area contributed by atoms with E-state index in [2.05, 4.69) is 5.32 Å².